The van der Waals surface area contributed by atoms with Gasteiger partial charge in [0.05, 0.1) is 5.69 Å². The Balaban J connectivity index is 1.61. The molecule has 10 nitrogen and oxygen atoms in total. The van der Waals surface area contributed by atoms with Gasteiger partial charge >= 0.3 is 0 Å². The lowest BCUT2D eigenvalue weighted by atomic mass is 10.4. The summed E-state index contributed by atoms with van der Waals surface area (Å²) in [6, 6.07) is 1.77. The van der Waals surface area contributed by atoms with Crippen LogP contribution in [0.1, 0.15) is 22.8 Å². The van der Waals surface area contributed by atoms with Gasteiger partial charge in [0.15, 0.2) is 5.76 Å². The van der Waals surface area contributed by atoms with E-state index in [4.69, 9.17) is 4.52 Å². The second kappa shape index (κ2) is 7.45. The Labute approximate surface area is 157 Å². The van der Waals surface area contributed by atoms with Crippen molar-refractivity contribution in [2.45, 2.75) is 32.6 Å². The summed E-state index contributed by atoms with van der Waals surface area (Å²) in [6.45, 7) is 7.56. The maximum atomic E-state index is 12.4. The van der Waals surface area contributed by atoms with E-state index in [-0.39, 0.29) is 17.2 Å². The molecule has 0 aliphatic rings. The second-order valence-electron chi connectivity index (χ2n) is 6.02. The van der Waals surface area contributed by atoms with E-state index in [2.05, 4.69) is 30.1 Å². The summed E-state index contributed by atoms with van der Waals surface area (Å²) in [5.74, 6) is 1.53. The molecule has 0 radical (unpaired) electrons. The maximum absolute atomic E-state index is 12.4. The Morgan fingerprint density at radius 3 is 2.48 bits per heavy atom. The monoisotopic (exact) mass is 391 g/mol. The third-order valence-electron chi connectivity index (χ3n) is 4.11. The van der Waals surface area contributed by atoms with Gasteiger partial charge in [0, 0.05) is 24.8 Å². The van der Waals surface area contributed by atoms with E-state index < -0.39 is 10.0 Å². The molecule has 0 aliphatic carbocycles. The van der Waals surface area contributed by atoms with Crippen LogP contribution >= 0.6 is 0 Å². The van der Waals surface area contributed by atoms with Gasteiger partial charge in [-0.1, -0.05) is 5.16 Å². The number of imidazole rings is 1. The zero-order chi connectivity index (χ0) is 19.6. The zero-order valence-electron chi connectivity index (χ0n) is 15.5. The molecule has 3 rings (SSSR count). The molecule has 0 atom stereocenters. The molecule has 3 heterocycles. The molecule has 3 aromatic rings. The third kappa shape index (κ3) is 3.98. The minimum Gasteiger partial charge on any atom is -0.369 e. The predicted octanol–water partition coefficient (Wildman–Crippen LogP) is 1.27. The topological polar surface area (TPSA) is 128 Å². The fraction of sp³-hybridized carbons (Fsp3) is 0.375. The van der Waals surface area contributed by atoms with E-state index >= 15 is 0 Å². The minimum atomic E-state index is -3.68. The number of sulfonamides is 1. The maximum Gasteiger partial charge on any atom is 0.246 e. The number of nitrogens with zero attached hydrogens (tertiary/aromatic N) is 5. The number of rotatable bonds is 7. The molecule has 0 unspecified atom stereocenters. The van der Waals surface area contributed by atoms with Gasteiger partial charge in [-0.05, 0) is 27.7 Å². The quantitative estimate of drug-likeness (QED) is 0.576. The average molecular weight is 391 g/mol. The van der Waals surface area contributed by atoms with Crippen molar-refractivity contribution in [3.05, 3.63) is 41.6 Å². The molecule has 0 aromatic carbocycles. The van der Waals surface area contributed by atoms with Crippen molar-refractivity contribution < 1.29 is 12.9 Å². The molecular formula is C16H21N7O3S. The van der Waals surface area contributed by atoms with E-state index in [1.54, 1.807) is 26.2 Å². The SMILES string of the molecule is Cc1noc(C)c1S(=O)(=O)NCCNc1cc(-n2cnc(C)c2C)ncn1. The summed E-state index contributed by atoms with van der Waals surface area (Å²) >= 11 is 0. The number of anilines is 1. The van der Waals surface area contributed by atoms with Crippen molar-refractivity contribution in [3.63, 3.8) is 0 Å². The van der Waals surface area contributed by atoms with Crippen molar-refractivity contribution in [1.29, 1.82) is 0 Å². The molecule has 0 fully saturated rings. The van der Waals surface area contributed by atoms with E-state index in [0.29, 0.717) is 23.9 Å². The van der Waals surface area contributed by atoms with Crippen LogP contribution in [0.5, 0.6) is 0 Å². The van der Waals surface area contributed by atoms with Crippen LogP contribution in [-0.4, -0.2) is 46.2 Å². The summed E-state index contributed by atoms with van der Waals surface area (Å²) in [6.07, 6.45) is 3.15. The highest BCUT2D eigenvalue weighted by molar-refractivity contribution is 7.89. The molecular weight excluding hydrogens is 370 g/mol. The fourth-order valence-corrected chi connectivity index (χ4v) is 3.97. The third-order valence-corrected chi connectivity index (χ3v) is 5.82. The van der Waals surface area contributed by atoms with Gasteiger partial charge in [-0.3, -0.25) is 4.57 Å². The summed E-state index contributed by atoms with van der Waals surface area (Å²) in [5, 5.41) is 6.75. The van der Waals surface area contributed by atoms with Crippen LogP contribution in [-0.2, 0) is 10.0 Å². The van der Waals surface area contributed by atoms with E-state index in [1.807, 2.05) is 18.4 Å². The summed E-state index contributed by atoms with van der Waals surface area (Å²) in [5.41, 5.74) is 2.25. The molecule has 27 heavy (non-hydrogen) atoms. The largest absolute Gasteiger partial charge is 0.369 e. The summed E-state index contributed by atoms with van der Waals surface area (Å²) in [7, 11) is -3.68. The highest BCUT2D eigenvalue weighted by atomic mass is 32.2. The Bertz CT molecular complexity index is 1040. The van der Waals surface area contributed by atoms with Crippen LogP contribution in [0.4, 0.5) is 5.82 Å². The molecule has 144 valence electrons. The lowest BCUT2D eigenvalue weighted by Gasteiger charge is -2.09. The van der Waals surface area contributed by atoms with Crippen LogP contribution in [0.15, 0.2) is 28.1 Å². The molecule has 0 saturated heterocycles. The van der Waals surface area contributed by atoms with Gasteiger partial charge in [0.25, 0.3) is 0 Å². The van der Waals surface area contributed by atoms with Gasteiger partial charge in [-0.15, -0.1) is 0 Å². The first-order valence-electron chi connectivity index (χ1n) is 8.29. The smallest absolute Gasteiger partial charge is 0.246 e. The van der Waals surface area contributed by atoms with Crippen molar-refractivity contribution >= 4 is 15.8 Å². The standard InChI is InChI=1S/C16H21N7O3S/c1-10-12(3)23(9-20-10)15-7-14(18-8-19-15)17-5-6-21-27(24,25)16-11(2)22-26-13(16)4/h7-9,21H,5-6H2,1-4H3,(H,17,18,19). The van der Waals surface area contributed by atoms with Crippen LogP contribution in [0, 0.1) is 27.7 Å². The fourth-order valence-electron chi connectivity index (χ4n) is 2.61. The highest BCUT2D eigenvalue weighted by Crippen LogP contribution is 2.18. The van der Waals surface area contributed by atoms with Crippen molar-refractivity contribution in [1.82, 2.24) is 29.4 Å². The second-order valence-corrected chi connectivity index (χ2v) is 7.73. The van der Waals surface area contributed by atoms with Crippen molar-refractivity contribution in [2.75, 3.05) is 18.4 Å². The number of aryl methyl sites for hydroxylation is 3. The number of aromatic nitrogens is 5. The lowest BCUT2D eigenvalue weighted by molar-refractivity contribution is 0.390. The van der Waals surface area contributed by atoms with E-state index in [0.717, 1.165) is 11.4 Å². The zero-order valence-corrected chi connectivity index (χ0v) is 16.3. The Morgan fingerprint density at radius 2 is 1.85 bits per heavy atom. The minimum absolute atomic E-state index is 0.0813. The van der Waals surface area contributed by atoms with Crippen LogP contribution in [0.2, 0.25) is 0 Å². The summed E-state index contributed by atoms with van der Waals surface area (Å²) in [4.78, 5) is 12.7. The van der Waals surface area contributed by atoms with Gasteiger partial charge in [-0.2, -0.15) is 0 Å². The summed E-state index contributed by atoms with van der Waals surface area (Å²) < 4.78 is 34.0. The lowest BCUT2D eigenvalue weighted by Crippen LogP contribution is -2.29. The van der Waals surface area contributed by atoms with Crippen molar-refractivity contribution in [3.8, 4) is 5.82 Å². The molecule has 0 amide bonds. The average Bonchev–Trinajstić information content (AvgIpc) is 3.14. The molecule has 3 aromatic heterocycles. The van der Waals surface area contributed by atoms with Gasteiger partial charge in [0.1, 0.15) is 34.9 Å². The molecule has 0 bridgehead atoms. The molecule has 0 aliphatic heterocycles. The predicted molar refractivity (Wildman–Crippen MR) is 98.3 cm³/mol. The first kappa shape index (κ1) is 19.0. The number of hydrogen-bond donors (Lipinski definition) is 2. The van der Waals surface area contributed by atoms with Crippen LogP contribution < -0.4 is 10.0 Å². The molecule has 0 saturated carbocycles. The van der Waals surface area contributed by atoms with Crippen LogP contribution in [0.3, 0.4) is 0 Å². The van der Waals surface area contributed by atoms with Crippen LogP contribution in [0.25, 0.3) is 5.82 Å². The highest BCUT2D eigenvalue weighted by Gasteiger charge is 2.23. The first-order valence-corrected chi connectivity index (χ1v) is 9.77. The van der Waals surface area contributed by atoms with Gasteiger partial charge in [0.2, 0.25) is 10.0 Å². The Morgan fingerprint density at radius 1 is 1.07 bits per heavy atom. The molecule has 0 spiro atoms. The van der Waals surface area contributed by atoms with Crippen molar-refractivity contribution in [2.24, 2.45) is 0 Å². The first-order chi connectivity index (χ1) is 12.8. The van der Waals surface area contributed by atoms with Gasteiger partial charge < -0.3 is 9.84 Å². The van der Waals surface area contributed by atoms with Gasteiger partial charge in [-0.25, -0.2) is 28.1 Å². The number of nitrogens with one attached hydrogen (secondary N) is 2. The van der Waals surface area contributed by atoms with E-state index in [1.165, 1.54) is 6.33 Å². The number of hydrogen-bond acceptors (Lipinski definition) is 8. The molecule has 2 N–H and O–H groups in total. The Hall–Kier alpha value is -2.79. The van der Waals surface area contributed by atoms with E-state index in [9.17, 15) is 8.42 Å². The normalized spacial score (nSPS) is 11.7. The Kier molecular flexibility index (Phi) is 5.24. The molecule has 11 heteroatoms.